The predicted octanol–water partition coefficient (Wildman–Crippen LogP) is 9.97. The molecule has 0 unspecified atom stereocenters. The average molecular weight is 577 g/mol. The minimum Gasteiger partial charge on any atom is -0.488 e. The Hall–Kier alpha value is -3.67. The van der Waals surface area contributed by atoms with Crippen molar-refractivity contribution >= 4 is 11.9 Å². The molecule has 0 radical (unpaired) electrons. The smallest absolute Gasteiger partial charge is 0.343 e. The highest BCUT2D eigenvalue weighted by atomic mass is 19.1. The van der Waals surface area contributed by atoms with E-state index in [0.717, 1.165) is 55.7 Å². The summed E-state index contributed by atoms with van der Waals surface area (Å²) < 4.78 is 31.2. The van der Waals surface area contributed by atoms with Crippen molar-refractivity contribution in [2.75, 3.05) is 6.61 Å². The van der Waals surface area contributed by atoms with E-state index in [1.807, 2.05) is 31.2 Å². The Kier molecular flexibility index (Phi) is 14.1. The highest BCUT2D eigenvalue weighted by Gasteiger charge is 2.15. The van der Waals surface area contributed by atoms with Gasteiger partial charge < -0.3 is 14.2 Å². The zero-order valence-corrected chi connectivity index (χ0v) is 25.3. The lowest BCUT2D eigenvalue weighted by Gasteiger charge is -2.15. The van der Waals surface area contributed by atoms with E-state index < -0.39 is 11.8 Å². The SMILES string of the molecule is CCCCCCCCOC(=O)c1ccc(-c2ccc(OC(=O)c3ccc(O[C@H](C)CCCCCC)c(F)c3)cc2)cc1. The van der Waals surface area contributed by atoms with Crippen LogP contribution in [-0.4, -0.2) is 24.6 Å². The molecule has 0 saturated carbocycles. The monoisotopic (exact) mass is 576 g/mol. The molecule has 0 fully saturated rings. The molecular formula is C36H45FO5. The molecule has 0 bridgehead atoms. The van der Waals surface area contributed by atoms with E-state index in [2.05, 4.69) is 13.8 Å². The molecule has 42 heavy (non-hydrogen) atoms. The number of ether oxygens (including phenoxy) is 3. The quantitative estimate of drug-likeness (QED) is 0.0857. The van der Waals surface area contributed by atoms with Gasteiger partial charge in [-0.15, -0.1) is 0 Å². The van der Waals surface area contributed by atoms with Gasteiger partial charge in [-0.2, -0.15) is 0 Å². The Bertz CT molecular complexity index is 1240. The maximum Gasteiger partial charge on any atom is 0.343 e. The summed E-state index contributed by atoms with van der Waals surface area (Å²) in [6.07, 6.45) is 12.1. The van der Waals surface area contributed by atoms with Crippen LogP contribution in [0.3, 0.4) is 0 Å². The highest BCUT2D eigenvalue weighted by Crippen LogP contribution is 2.25. The Morgan fingerprint density at radius 2 is 1.26 bits per heavy atom. The first-order valence-electron chi connectivity index (χ1n) is 15.5. The van der Waals surface area contributed by atoms with Crippen molar-refractivity contribution in [3.63, 3.8) is 0 Å². The molecule has 0 amide bonds. The standard InChI is InChI=1S/C36H45FO5/c1-4-6-8-10-11-13-25-40-35(38)30-17-15-28(16-18-30)29-19-22-32(23-20-29)42-36(39)31-21-24-34(33(37)26-31)41-27(3)14-12-9-7-5-2/h15-24,26-27H,4-14,25H2,1-3H3/t27-/m1/s1. The first-order valence-corrected chi connectivity index (χ1v) is 15.5. The number of rotatable bonds is 18. The molecular weight excluding hydrogens is 531 g/mol. The van der Waals surface area contributed by atoms with E-state index in [-0.39, 0.29) is 23.4 Å². The minimum absolute atomic E-state index is 0.104. The molecule has 0 saturated heterocycles. The summed E-state index contributed by atoms with van der Waals surface area (Å²) in [5, 5.41) is 0. The second-order valence-corrected chi connectivity index (χ2v) is 10.8. The van der Waals surface area contributed by atoms with E-state index in [4.69, 9.17) is 14.2 Å². The third-order valence-corrected chi connectivity index (χ3v) is 7.21. The fourth-order valence-electron chi connectivity index (χ4n) is 4.67. The van der Waals surface area contributed by atoms with Gasteiger partial charge in [0.1, 0.15) is 5.75 Å². The minimum atomic E-state index is -0.648. The van der Waals surface area contributed by atoms with Crippen molar-refractivity contribution in [2.45, 2.75) is 97.5 Å². The number of hydrogen-bond acceptors (Lipinski definition) is 5. The Labute approximate surface area is 250 Å². The van der Waals surface area contributed by atoms with Gasteiger partial charge in [-0.05, 0) is 79.8 Å². The van der Waals surface area contributed by atoms with Gasteiger partial charge in [0.2, 0.25) is 0 Å². The van der Waals surface area contributed by atoms with Crippen LogP contribution in [0.5, 0.6) is 11.5 Å². The number of carbonyl (C=O) groups excluding carboxylic acids is 2. The fraction of sp³-hybridized carbons (Fsp3) is 0.444. The summed E-state index contributed by atoms with van der Waals surface area (Å²) >= 11 is 0. The summed E-state index contributed by atoms with van der Waals surface area (Å²) in [5.41, 5.74) is 2.44. The van der Waals surface area contributed by atoms with E-state index in [1.54, 1.807) is 24.3 Å². The van der Waals surface area contributed by atoms with Gasteiger partial charge in [-0.3, -0.25) is 0 Å². The molecule has 0 heterocycles. The van der Waals surface area contributed by atoms with Crippen LogP contribution in [0.2, 0.25) is 0 Å². The number of benzene rings is 3. The molecule has 0 aliphatic carbocycles. The third kappa shape index (κ3) is 11.0. The molecule has 0 aliphatic heterocycles. The van der Waals surface area contributed by atoms with Crippen LogP contribution in [0.1, 0.15) is 112 Å². The van der Waals surface area contributed by atoms with E-state index in [1.165, 1.54) is 44.2 Å². The predicted molar refractivity (Wildman–Crippen MR) is 166 cm³/mol. The van der Waals surface area contributed by atoms with Gasteiger partial charge in [0, 0.05) is 0 Å². The van der Waals surface area contributed by atoms with Crippen molar-refractivity contribution in [1.29, 1.82) is 0 Å². The van der Waals surface area contributed by atoms with Gasteiger partial charge in [0.15, 0.2) is 11.6 Å². The normalized spacial score (nSPS) is 11.6. The number of halogens is 1. The average Bonchev–Trinajstić information content (AvgIpc) is 3.00. The van der Waals surface area contributed by atoms with E-state index in [0.29, 0.717) is 17.9 Å². The van der Waals surface area contributed by atoms with E-state index >= 15 is 0 Å². The maximum absolute atomic E-state index is 14.6. The van der Waals surface area contributed by atoms with Crippen LogP contribution in [-0.2, 0) is 4.74 Å². The van der Waals surface area contributed by atoms with Crippen molar-refractivity contribution in [3.8, 4) is 22.6 Å². The molecule has 1 atom stereocenters. The fourth-order valence-corrected chi connectivity index (χ4v) is 4.67. The molecule has 3 aromatic rings. The highest BCUT2D eigenvalue weighted by molar-refractivity contribution is 5.91. The topological polar surface area (TPSA) is 61.8 Å². The first-order chi connectivity index (χ1) is 20.4. The lowest BCUT2D eigenvalue weighted by atomic mass is 10.0. The van der Waals surface area contributed by atoms with Gasteiger partial charge in [-0.1, -0.05) is 89.5 Å². The largest absolute Gasteiger partial charge is 0.488 e. The molecule has 3 rings (SSSR count). The summed E-state index contributed by atoms with van der Waals surface area (Å²) in [6, 6.07) is 18.4. The van der Waals surface area contributed by atoms with Crippen molar-refractivity contribution in [1.82, 2.24) is 0 Å². The summed E-state index contributed by atoms with van der Waals surface area (Å²) in [4.78, 5) is 25.0. The van der Waals surface area contributed by atoms with Crippen LogP contribution in [0.15, 0.2) is 66.7 Å². The van der Waals surface area contributed by atoms with Crippen molar-refractivity contribution in [2.24, 2.45) is 0 Å². The zero-order chi connectivity index (χ0) is 30.2. The lowest BCUT2D eigenvalue weighted by Crippen LogP contribution is -2.13. The summed E-state index contributed by atoms with van der Waals surface area (Å²) in [5.74, 6) is -1.07. The number of carbonyl (C=O) groups is 2. The molecule has 6 heteroatoms. The van der Waals surface area contributed by atoms with Gasteiger partial charge >= 0.3 is 11.9 Å². The molecule has 3 aromatic carbocycles. The lowest BCUT2D eigenvalue weighted by molar-refractivity contribution is 0.0497. The molecule has 0 spiro atoms. The van der Waals surface area contributed by atoms with Crippen molar-refractivity contribution in [3.05, 3.63) is 83.7 Å². The maximum atomic E-state index is 14.6. The Balaban J connectivity index is 1.48. The second kappa shape index (κ2) is 18.0. The molecule has 226 valence electrons. The van der Waals surface area contributed by atoms with Gasteiger partial charge in [0.25, 0.3) is 0 Å². The first kappa shape index (κ1) is 32.8. The number of hydrogen-bond donors (Lipinski definition) is 0. The van der Waals surface area contributed by atoms with Crippen molar-refractivity contribution < 1.29 is 28.2 Å². The molecule has 0 aliphatic rings. The molecule has 0 aromatic heterocycles. The van der Waals surface area contributed by atoms with E-state index in [9.17, 15) is 14.0 Å². The van der Waals surface area contributed by atoms with Crippen LogP contribution in [0.4, 0.5) is 4.39 Å². The van der Waals surface area contributed by atoms with Crippen LogP contribution in [0.25, 0.3) is 11.1 Å². The summed E-state index contributed by atoms with van der Waals surface area (Å²) in [7, 11) is 0. The van der Waals surface area contributed by atoms with Crippen LogP contribution in [0, 0.1) is 5.82 Å². The molecule has 0 N–H and O–H groups in total. The zero-order valence-electron chi connectivity index (χ0n) is 25.3. The molecule has 5 nitrogen and oxygen atoms in total. The Morgan fingerprint density at radius 3 is 1.90 bits per heavy atom. The van der Waals surface area contributed by atoms with Crippen LogP contribution >= 0.6 is 0 Å². The van der Waals surface area contributed by atoms with Gasteiger partial charge in [-0.25, -0.2) is 14.0 Å². The Morgan fingerprint density at radius 1 is 0.690 bits per heavy atom. The third-order valence-electron chi connectivity index (χ3n) is 7.21. The van der Waals surface area contributed by atoms with Gasteiger partial charge in [0.05, 0.1) is 23.8 Å². The second-order valence-electron chi connectivity index (χ2n) is 10.8. The summed E-state index contributed by atoms with van der Waals surface area (Å²) in [6.45, 7) is 6.72. The number of unbranched alkanes of at least 4 members (excludes halogenated alkanes) is 8. The number of esters is 2. The van der Waals surface area contributed by atoms with Crippen LogP contribution < -0.4 is 9.47 Å².